The molecule has 0 aromatic heterocycles. The first-order chi connectivity index (χ1) is 10.00. The Balaban J connectivity index is 1.97. The molecule has 1 aromatic carbocycles. The molecule has 1 fully saturated rings. The number of hydrogen-bond acceptors (Lipinski definition) is 4. The fourth-order valence-electron chi connectivity index (χ4n) is 2.91. The highest BCUT2D eigenvalue weighted by Crippen LogP contribution is 2.29. The Morgan fingerprint density at radius 2 is 2.05 bits per heavy atom. The second-order valence-corrected chi connectivity index (χ2v) is 8.37. The molecule has 1 N–H and O–H groups in total. The number of carboxylic acid groups (broad SMARTS) is 1. The third-order valence-corrected chi connectivity index (χ3v) is 6.97. The van der Waals surface area contributed by atoms with Gasteiger partial charge in [-0.2, -0.15) is 16.1 Å². The maximum atomic E-state index is 12.8. The number of rotatable bonds is 3. The molecule has 21 heavy (non-hydrogen) atoms. The van der Waals surface area contributed by atoms with Gasteiger partial charge in [0.05, 0.1) is 4.90 Å². The van der Waals surface area contributed by atoms with Crippen molar-refractivity contribution in [2.24, 2.45) is 0 Å². The van der Waals surface area contributed by atoms with Crippen LogP contribution in [-0.4, -0.2) is 47.9 Å². The van der Waals surface area contributed by atoms with Crippen LogP contribution in [0.5, 0.6) is 0 Å². The van der Waals surface area contributed by atoms with Crippen molar-refractivity contribution in [1.82, 2.24) is 4.31 Å². The number of sulfonamides is 1. The summed E-state index contributed by atoms with van der Waals surface area (Å²) in [6, 6.07) is 4.23. The van der Waals surface area contributed by atoms with Crippen LogP contribution in [0.4, 0.5) is 0 Å². The van der Waals surface area contributed by atoms with Crippen molar-refractivity contribution in [2.75, 3.05) is 18.1 Å². The molecule has 0 spiro atoms. The van der Waals surface area contributed by atoms with Gasteiger partial charge in [0, 0.05) is 18.1 Å². The van der Waals surface area contributed by atoms with E-state index in [0.717, 1.165) is 29.1 Å². The summed E-state index contributed by atoms with van der Waals surface area (Å²) in [6.45, 7) is 0.251. The second-order valence-electron chi connectivity index (χ2n) is 5.33. The van der Waals surface area contributed by atoms with Gasteiger partial charge in [-0.1, -0.05) is 6.07 Å². The highest BCUT2D eigenvalue weighted by atomic mass is 32.2. The fourth-order valence-corrected chi connectivity index (χ4v) is 5.80. The Morgan fingerprint density at radius 1 is 1.29 bits per heavy atom. The monoisotopic (exact) mass is 327 g/mol. The summed E-state index contributed by atoms with van der Waals surface area (Å²) < 4.78 is 26.7. The van der Waals surface area contributed by atoms with Crippen LogP contribution in [-0.2, 0) is 27.7 Å². The van der Waals surface area contributed by atoms with Gasteiger partial charge in [-0.15, -0.1) is 0 Å². The third kappa shape index (κ3) is 2.69. The van der Waals surface area contributed by atoms with E-state index in [2.05, 4.69) is 0 Å². The number of aryl methyl sites for hydroxylation is 2. The number of carbonyl (C=O) groups is 1. The Labute approximate surface area is 128 Å². The van der Waals surface area contributed by atoms with Crippen LogP contribution in [0, 0.1) is 0 Å². The topological polar surface area (TPSA) is 74.7 Å². The van der Waals surface area contributed by atoms with Gasteiger partial charge >= 0.3 is 5.97 Å². The first-order valence-corrected chi connectivity index (χ1v) is 9.54. The molecule has 3 rings (SSSR count). The minimum Gasteiger partial charge on any atom is -0.480 e. The number of hydrogen-bond donors (Lipinski definition) is 1. The van der Waals surface area contributed by atoms with Crippen LogP contribution in [0.3, 0.4) is 0 Å². The van der Waals surface area contributed by atoms with E-state index in [-0.39, 0.29) is 11.4 Å². The number of thioether (sulfide) groups is 1. The second kappa shape index (κ2) is 5.62. The lowest BCUT2D eigenvalue weighted by atomic mass is 10.1. The van der Waals surface area contributed by atoms with Crippen LogP contribution in [0.15, 0.2) is 23.1 Å². The quantitative estimate of drug-likeness (QED) is 0.907. The van der Waals surface area contributed by atoms with E-state index in [1.165, 1.54) is 17.3 Å². The summed E-state index contributed by atoms with van der Waals surface area (Å²) >= 11 is 1.48. The van der Waals surface area contributed by atoms with Crippen LogP contribution >= 0.6 is 11.8 Å². The number of fused-ring (bicyclic) bond motifs is 1. The number of carboxylic acids is 1. The average Bonchev–Trinajstić information content (AvgIpc) is 2.94. The Kier molecular flexibility index (Phi) is 3.98. The molecule has 0 saturated carbocycles. The van der Waals surface area contributed by atoms with E-state index < -0.39 is 22.0 Å². The minimum absolute atomic E-state index is 0.223. The normalized spacial score (nSPS) is 23.0. The maximum absolute atomic E-state index is 12.8. The van der Waals surface area contributed by atoms with Crippen molar-refractivity contribution in [2.45, 2.75) is 30.2 Å². The molecule has 0 amide bonds. The number of aliphatic carboxylic acids is 1. The summed E-state index contributed by atoms with van der Waals surface area (Å²) in [5.41, 5.74) is 2.28. The summed E-state index contributed by atoms with van der Waals surface area (Å²) in [5, 5.41) is 9.25. The zero-order valence-corrected chi connectivity index (χ0v) is 13.1. The van der Waals surface area contributed by atoms with E-state index >= 15 is 0 Å². The molecule has 0 radical (unpaired) electrons. The van der Waals surface area contributed by atoms with Gasteiger partial charge in [0.2, 0.25) is 10.0 Å². The van der Waals surface area contributed by atoms with Crippen LogP contribution in [0.25, 0.3) is 0 Å². The van der Waals surface area contributed by atoms with Crippen LogP contribution in [0.1, 0.15) is 17.5 Å². The first-order valence-electron chi connectivity index (χ1n) is 6.94. The molecule has 1 aliphatic carbocycles. The fraction of sp³-hybridized carbons (Fsp3) is 0.500. The minimum atomic E-state index is -3.74. The molecule has 5 nitrogen and oxygen atoms in total. The number of nitrogens with zero attached hydrogens (tertiary/aromatic N) is 1. The van der Waals surface area contributed by atoms with Gasteiger partial charge in [0.15, 0.2) is 0 Å². The van der Waals surface area contributed by atoms with Gasteiger partial charge in [0.25, 0.3) is 0 Å². The van der Waals surface area contributed by atoms with Crippen molar-refractivity contribution in [3.8, 4) is 0 Å². The molecule has 1 aromatic rings. The van der Waals surface area contributed by atoms with E-state index in [1.54, 1.807) is 12.1 Å². The summed E-state index contributed by atoms with van der Waals surface area (Å²) in [5.74, 6) is -0.139. The summed E-state index contributed by atoms with van der Waals surface area (Å²) in [4.78, 5) is 11.5. The molecule has 114 valence electrons. The van der Waals surface area contributed by atoms with Crippen molar-refractivity contribution >= 4 is 27.8 Å². The van der Waals surface area contributed by atoms with Crippen molar-refractivity contribution in [1.29, 1.82) is 0 Å². The SMILES string of the molecule is O=C(O)C1CSCCN1S(=O)(=O)c1ccc2c(c1)CCC2. The first kappa shape index (κ1) is 14.9. The highest BCUT2D eigenvalue weighted by molar-refractivity contribution is 7.99. The lowest BCUT2D eigenvalue weighted by Crippen LogP contribution is -2.50. The van der Waals surface area contributed by atoms with Gasteiger partial charge < -0.3 is 5.11 Å². The molecular formula is C14H17NO4S2. The van der Waals surface area contributed by atoms with Crippen LogP contribution < -0.4 is 0 Å². The van der Waals surface area contributed by atoms with E-state index in [1.807, 2.05) is 6.07 Å². The Bertz CT molecular complexity index is 672. The van der Waals surface area contributed by atoms with Gasteiger partial charge in [-0.3, -0.25) is 4.79 Å². The van der Waals surface area contributed by atoms with Gasteiger partial charge in [-0.25, -0.2) is 8.42 Å². The van der Waals surface area contributed by atoms with E-state index in [4.69, 9.17) is 0 Å². The van der Waals surface area contributed by atoms with E-state index in [0.29, 0.717) is 11.5 Å². The van der Waals surface area contributed by atoms with Crippen molar-refractivity contribution in [3.63, 3.8) is 0 Å². The van der Waals surface area contributed by atoms with Gasteiger partial charge in [-0.05, 0) is 42.5 Å². The lowest BCUT2D eigenvalue weighted by molar-refractivity contribution is -0.140. The lowest BCUT2D eigenvalue weighted by Gasteiger charge is -2.31. The summed E-state index contributed by atoms with van der Waals surface area (Å²) in [7, 11) is -3.74. The molecule has 1 aliphatic heterocycles. The Morgan fingerprint density at radius 3 is 2.81 bits per heavy atom. The zero-order chi connectivity index (χ0) is 15.0. The Hall–Kier alpha value is -1.05. The zero-order valence-electron chi connectivity index (χ0n) is 11.5. The largest absolute Gasteiger partial charge is 0.480 e. The molecule has 7 heteroatoms. The smallest absolute Gasteiger partial charge is 0.322 e. The number of benzene rings is 1. The van der Waals surface area contributed by atoms with E-state index in [9.17, 15) is 18.3 Å². The summed E-state index contributed by atoms with van der Waals surface area (Å²) in [6.07, 6.45) is 2.95. The predicted octanol–water partition coefficient (Wildman–Crippen LogP) is 1.37. The predicted molar refractivity (Wildman–Crippen MR) is 81.1 cm³/mol. The molecular weight excluding hydrogens is 310 g/mol. The highest BCUT2D eigenvalue weighted by Gasteiger charge is 2.38. The third-order valence-electron chi connectivity index (χ3n) is 4.04. The molecule has 1 heterocycles. The van der Waals surface area contributed by atoms with Gasteiger partial charge in [0.1, 0.15) is 6.04 Å². The maximum Gasteiger partial charge on any atom is 0.322 e. The molecule has 0 bridgehead atoms. The van der Waals surface area contributed by atoms with Crippen molar-refractivity contribution in [3.05, 3.63) is 29.3 Å². The molecule has 1 atom stereocenters. The van der Waals surface area contributed by atoms with Crippen molar-refractivity contribution < 1.29 is 18.3 Å². The molecule has 1 unspecified atom stereocenters. The van der Waals surface area contributed by atoms with Crippen LogP contribution in [0.2, 0.25) is 0 Å². The molecule has 2 aliphatic rings. The standard InChI is InChI=1S/C14H17NO4S2/c16-14(17)13-9-20-7-6-15(13)21(18,19)12-5-4-10-2-1-3-11(10)8-12/h4-5,8,13H,1-3,6-7,9H2,(H,16,17). The molecule has 1 saturated heterocycles. The average molecular weight is 327 g/mol.